The van der Waals surface area contributed by atoms with E-state index in [9.17, 15) is 4.79 Å². The molecule has 0 aromatic carbocycles. The van der Waals surface area contributed by atoms with Crippen molar-refractivity contribution < 1.29 is 4.79 Å². The smallest absolute Gasteiger partial charge is 0.163 e. The van der Waals surface area contributed by atoms with E-state index in [0.717, 1.165) is 18.5 Å². The normalized spacial score (nSPS) is 10.8. The second kappa shape index (κ2) is 5.64. The Labute approximate surface area is 97.2 Å². The first kappa shape index (κ1) is 12.7. The maximum atomic E-state index is 11.5. The van der Waals surface area contributed by atoms with Gasteiger partial charge in [-0.05, 0) is 31.4 Å². The Morgan fingerprint density at radius 2 is 2.12 bits per heavy atom. The molecule has 0 atom stereocenters. The maximum absolute atomic E-state index is 11.5. The lowest BCUT2D eigenvalue weighted by molar-refractivity contribution is -0.114. The molecule has 16 heavy (non-hydrogen) atoms. The number of Topliss-reactive ketones (excluding diaryl/α,β-unsaturated/α-hetero) is 1. The highest BCUT2D eigenvalue weighted by molar-refractivity contribution is 5.95. The third kappa shape index (κ3) is 3.05. The zero-order valence-corrected chi connectivity index (χ0v) is 10.4. The van der Waals surface area contributed by atoms with E-state index in [-0.39, 0.29) is 5.78 Å². The van der Waals surface area contributed by atoms with E-state index in [1.807, 2.05) is 16.9 Å². The van der Waals surface area contributed by atoms with Gasteiger partial charge in [0.25, 0.3) is 0 Å². The summed E-state index contributed by atoms with van der Waals surface area (Å²) in [5.41, 5.74) is 1.43. The SMILES string of the molecule is C=C(C)C(=O)Cc1ccn(C(CC)CC)n1. The van der Waals surface area contributed by atoms with Crippen LogP contribution in [0, 0.1) is 0 Å². The fourth-order valence-electron chi connectivity index (χ4n) is 1.65. The summed E-state index contributed by atoms with van der Waals surface area (Å²) in [6, 6.07) is 2.35. The van der Waals surface area contributed by atoms with Crippen molar-refractivity contribution >= 4 is 5.78 Å². The van der Waals surface area contributed by atoms with Crippen molar-refractivity contribution in [3.8, 4) is 0 Å². The summed E-state index contributed by atoms with van der Waals surface area (Å²) in [5, 5.41) is 4.43. The highest BCUT2D eigenvalue weighted by Crippen LogP contribution is 2.14. The minimum Gasteiger partial charge on any atom is -0.294 e. The summed E-state index contributed by atoms with van der Waals surface area (Å²) in [6.45, 7) is 9.67. The molecule has 3 heteroatoms. The minimum absolute atomic E-state index is 0.0646. The molecular weight excluding hydrogens is 200 g/mol. The van der Waals surface area contributed by atoms with Gasteiger partial charge in [-0.3, -0.25) is 9.48 Å². The van der Waals surface area contributed by atoms with E-state index in [0.29, 0.717) is 18.0 Å². The van der Waals surface area contributed by atoms with E-state index in [1.54, 1.807) is 6.92 Å². The number of carbonyl (C=O) groups is 1. The number of hydrogen-bond acceptors (Lipinski definition) is 2. The molecule has 0 radical (unpaired) electrons. The van der Waals surface area contributed by atoms with Crippen LogP contribution in [0.5, 0.6) is 0 Å². The Balaban J connectivity index is 2.71. The molecule has 3 nitrogen and oxygen atoms in total. The van der Waals surface area contributed by atoms with Crippen LogP contribution in [0.1, 0.15) is 45.3 Å². The first-order valence-corrected chi connectivity index (χ1v) is 5.81. The molecule has 0 saturated heterocycles. The van der Waals surface area contributed by atoms with Gasteiger partial charge < -0.3 is 0 Å². The van der Waals surface area contributed by atoms with E-state index < -0.39 is 0 Å². The second-order valence-corrected chi connectivity index (χ2v) is 4.14. The van der Waals surface area contributed by atoms with Crippen LogP contribution >= 0.6 is 0 Å². The van der Waals surface area contributed by atoms with E-state index >= 15 is 0 Å². The molecule has 0 aliphatic rings. The zero-order chi connectivity index (χ0) is 12.1. The van der Waals surface area contributed by atoms with Gasteiger partial charge in [0, 0.05) is 6.20 Å². The lowest BCUT2D eigenvalue weighted by Crippen LogP contribution is -2.09. The number of ketones is 1. The zero-order valence-electron chi connectivity index (χ0n) is 10.4. The molecule has 0 aliphatic carbocycles. The molecule has 1 heterocycles. The number of allylic oxidation sites excluding steroid dienone is 1. The molecular formula is C13H20N2O. The second-order valence-electron chi connectivity index (χ2n) is 4.14. The van der Waals surface area contributed by atoms with Crippen LogP contribution in [-0.4, -0.2) is 15.6 Å². The molecule has 0 fully saturated rings. The van der Waals surface area contributed by atoms with Gasteiger partial charge in [-0.2, -0.15) is 5.10 Å². The van der Waals surface area contributed by atoms with Crippen molar-refractivity contribution in [2.24, 2.45) is 0 Å². The predicted octanol–water partition coefficient (Wildman–Crippen LogP) is 2.93. The molecule has 0 saturated carbocycles. The molecule has 0 unspecified atom stereocenters. The Bertz CT molecular complexity index is 375. The quantitative estimate of drug-likeness (QED) is 0.691. The van der Waals surface area contributed by atoms with Crippen molar-refractivity contribution in [1.29, 1.82) is 0 Å². The lowest BCUT2D eigenvalue weighted by Gasteiger charge is -2.12. The standard InChI is InChI=1S/C13H20N2O/c1-5-12(6-2)15-8-7-11(14-15)9-13(16)10(3)4/h7-8,12H,3,5-6,9H2,1-2,4H3. The van der Waals surface area contributed by atoms with Gasteiger partial charge in [0.1, 0.15) is 0 Å². The van der Waals surface area contributed by atoms with Gasteiger partial charge in [-0.1, -0.05) is 20.4 Å². The van der Waals surface area contributed by atoms with Gasteiger partial charge in [-0.15, -0.1) is 0 Å². The first-order chi connectivity index (χ1) is 7.58. The monoisotopic (exact) mass is 220 g/mol. The van der Waals surface area contributed by atoms with Crippen LogP contribution in [0.15, 0.2) is 24.4 Å². The first-order valence-electron chi connectivity index (χ1n) is 5.81. The maximum Gasteiger partial charge on any atom is 0.163 e. The van der Waals surface area contributed by atoms with Crippen molar-refractivity contribution in [2.75, 3.05) is 0 Å². The number of carbonyl (C=O) groups excluding carboxylic acids is 1. The average molecular weight is 220 g/mol. The Morgan fingerprint density at radius 1 is 1.50 bits per heavy atom. The largest absolute Gasteiger partial charge is 0.294 e. The van der Waals surface area contributed by atoms with Crippen molar-refractivity contribution in [3.63, 3.8) is 0 Å². The third-order valence-electron chi connectivity index (χ3n) is 2.80. The molecule has 1 rings (SSSR count). The van der Waals surface area contributed by atoms with Gasteiger partial charge in [0.05, 0.1) is 18.2 Å². The van der Waals surface area contributed by atoms with Crippen LogP contribution in [0.4, 0.5) is 0 Å². The summed E-state index contributed by atoms with van der Waals surface area (Å²) < 4.78 is 1.96. The lowest BCUT2D eigenvalue weighted by atomic mass is 10.1. The van der Waals surface area contributed by atoms with Crippen LogP contribution in [0.3, 0.4) is 0 Å². The molecule has 0 amide bonds. The van der Waals surface area contributed by atoms with Gasteiger partial charge >= 0.3 is 0 Å². The molecule has 0 N–H and O–H groups in total. The summed E-state index contributed by atoms with van der Waals surface area (Å²) in [5.74, 6) is 0.0646. The summed E-state index contributed by atoms with van der Waals surface area (Å²) in [4.78, 5) is 11.5. The predicted molar refractivity (Wildman–Crippen MR) is 65.4 cm³/mol. The van der Waals surface area contributed by atoms with Crippen molar-refractivity contribution in [1.82, 2.24) is 9.78 Å². The van der Waals surface area contributed by atoms with E-state index in [4.69, 9.17) is 0 Å². The van der Waals surface area contributed by atoms with Gasteiger partial charge in [-0.25, -0.2) is 0 Å². The summed E-state index contributed by atoms with van der Waals surface area (Å²) >= 11 is 0. The van der Waals surface area contributed by atoms with Gasteiger partial charge in [0.15, 0.2) is 5.78 Å². The van der Waals surface area contributed by atoms with Gasteiger partial charge in [0.2, 0.25) is 0 Å². The van der Waals surface area contributed by atoms with E-state index in [2.05, 4.69) is 25.5 Å². The highest BCUT2D eigenvalue weighted by atomic mass is 16.1. The Kier molecular flexibility index (Phi) is 4.47. The summed E-state index contributed by atoms with van der Waals surface area (Å²) in [7, 11) is 0. The molecule has 0 spiro atoms. The van der Waals surface area contributed by atoms with Crippen LogP contribution in [0.2, 0.25) is 0 Å². The van der Waals surface area contributed by atoms with Crippen molar-refractivity contribution in [3.05, 3.63) is 30.1 Å². The van der Waals surface area contributed by atoms with Crippen LogP contribution < -0.4 is 0 Å². The molecule has 0 aliphatic heterocycles. The highest BCUT2D eigenvalue weighted by Gasteiger charge is 2.10. The molecule has 0 bridgehead atoms. The van der Waals surface area contributed by atoms with Crippen LogP contribution in [-0.2, 0) is 11.2 Å². The fraction of sp³-hybridized carbons (Fsp3) is 0.538. The minimum atomic E-state index is 0.0646. The topological polar surface area (TPSA) is 34.9 Å². The fourth-order valence-corrected chi connectivity index (χ4v) is 1.65. The number of nitrogens with zero attached hydrogens (tertiary/aromatic N) is 2. The molecule has 88 valence electrons. The Hall–Kier alpha value is -1.38. The summed E-state index contributed by atoms with van der Waals surface area (Å²) in [6.07, 6.45) is 4.44. The number of aromatic nitrogens is 2. The number of rotatable bonds is 6. The Morgan fingerprint density at radius 3 is 2.62 bits per heavy atom. The van der Waals surface area contributed by atoms with Crippen molar-refractivity contribution in [2.45, 2.75) is 46.1 Å². The average Bonchev–Trinajstić information content (AvgIpc) is 2.68. The molecule has 1 aromatic heterocycles. The van der Waals surface area contributed by atoms with E-state index in [1.165, 1.54) is 0 Å². The third-order valence-corrected chi connectivity index (χ3v) is 2.80. The van der Waals surface area contributed by atoms with Crippen LogP contribution in [0.25, 0.3) is 0 Å². The number of hydrogen-bond donors (Lipinski definition) is 0. The molecule has 1 aromatic rings.